The maximum absolute atomic E-state index is 12.4. The van der Waals surface area contributed by atoms with E-state index < -0.39 is 23.3 Å². The predicted octanol–water partition coefficient (Wildman–Crippen LogP) is 2.28. The monoisotopic (exact) mass is 356 g/mol. The topological polar surface area (TPSA) is 78.9 Å². The summed E-state index contributed by atoms with van der Waals surface area (Å²) in [6.45, 7) is 11.3. The Kier molecular flexibility index (Phi) is 7.54. The second kappa shape index (κ2) is 8.92. The summed E-state index contributed by atoms with van der Waals surface area (Å²) in [6.07, 6.45) is 0.781. The van der Waals surface area contributed by atoms with Gasteiger partial charge in [-0.05, 0) is 27.2 Å². The Morgan fingerprint density at radius 3 is 1.88 bits per heavy atom. The van der Waals surface area contributed by atoms with E-state index in [1.54, 1.807) is 0 Å². The molecule has 24 heavy (non-hydrogen) atoms. The van der Waals surface area contributed by atoms with E-state index in [0.29, 0.717) is 5.25 Å². The maximum Gasteiger partial charge on any atom is 0.333 e. The lowest BCUT2D eigenvalue weighted by atomic mass is 9.93. The molecule has 7 heteroatoms. The Bertz CT molecular complexity index is 505. The zero-order valence-electron chi connectivity index (χ0n) is 14.4. The summed E-state index contributed by atoms with van der Waals surface area (Å²) in [7, 11) is 0. The number of hydrogen-bond donors (Lipinski definition) is 0. The van der Waals surface area contributed by atoms with E-state index in [2.05, 4.69) is 13.2 Å². The molecule has 0 saturated carbocycles. The predicted molar refractivity (Wildman–Crippen MR) is 91.5 cm³/mol. The highest BCUT2D eigenvalue weighted by atomic mass is 32.2. The first-order valence-corrected chi connectivity index (χ1v) is 8.64. The van der Waals surface area contributed by atoms with Crippen LogP contribution in [0, 0.1) is 5.41 Å². The quantitative estimate of drug-likeness (QED) is 0.257. The Balaban J connectivity index is 2.64. The van der Waals surface area contributed by atoms with E-state index in [9.17, 15) is 14.4 Å². The molecule has 0 bridgehead atoms. The summed E-state index contributed by atoms with van der Waals surface area (Å²) in [5.41, 5.74) is -0.849. The van der Waals surface area contributed by atoms with Crippen molar-refractivity contribution >= 4 is 29.7 Å². The molecule has 1 aliphatic heterocycles. The second-order valence-corrected chi connectivity index (χ2v) is 7.49. The standard InChI is InChI=1S/C17H24O6S/c1-11(2)14(18)22-9-17(5,10-23-15(19)12(3)4)16(20)21-7-6-13-8-24-13/h13H,1,3,6-10H2,2,4-5H3. The zero-order valence-corrected chi connectivity index (χ0v) is 15.2. The van der Waals surface area contributed by atoms with Crippen molar-refractivity contribution in [2.75, 3.05) is 25.6 Å². The van der Waals surface area contributed by atoms with E-state index in [4.69, 9.17) is 14.2 Å². The molecule has 134 valence electrons. The smallest absolute Gasteiger partial charge is 0.333 e. The Morgan fingerprint density at radius 1 is 1.04 bits per heavy atom. The van der Waals surface area contributed by atoms with Gasteiger partial charge in [-0.2, -0.15) is 11.8 Å². The molecule has 0 aromatic rings. The number of carbonyl (C=O) groups is 3. The first kappa shape index (κ1) is 20.3. The summed E-state index contributed by atoms with van der Waals surface area (Å²) in [4.78, 5) is 35.5. The van der Waals surface area contributed by atoms with Gasteiger partial charge in [0.2, 0.25) is 0 Å². The second-order valence-electron chi connectivity index (χ2n) is 6.15. The minimum absolute atomic E-state index is 0.218. The van der Waals surface area contributed by atoms with Crippen LogP contribution in [0.25, 0.3) is 0 Å². The third kappa shape index (κ3) is 6.78. The van der Waals surface area contributed by atoms with Gasteiger partial charge in [0.05, 0.1) is 6.61 Å². The molecule has 1 heterocycles. The van der Waals surface area contributed by atoms with Crippen molar-refractivity contribution in [3.8, 4) is 0 Å². The summed E-state index contributed by atoms with van der Waals surface area (Å²) in [5.74, 6) is -0.720. The number of thioether (sulfide) groups is 1. The Labute approximate surface area is 146 Å². The molecule has 0 aliphatic carbocycles. The van der Waals surface area contributed by atoms with Crippen LogP contribution < -0.4 is 0 Å². The highest BCUT2D eigenvalue weighted by molar-refractivity contribution is 8.06. The molecule has 0 radical (unpaired) electrons. The van der Waals surface area contributed by atoms with Crippen LogP contribution in [0.5, 0.6) is 0 Å². The van der Waals surface area contributed by atoms with E-state index in [1.807, 2.05) is 11.8 Å². The van der Waals surface area contributed by atoms with Crippen LogP contribution in [0.4, 0.5) is 0 Å². The third-order valence-corrected chi connectivity index (χ3v) is 4.35. The van der Waals surface area contributed by atoms with Crippen LogP contribution in [0.2, 0.25) is 0 Å². The molecule has 1 fully saturated rings. The third-order valence-electron chi connectivity index (χ3n) is 3.31. The van der Waals surface area contributed by atoms with Gasteiger partial charge in [-0.3, -0.25) is 4.79 Å². The highest BCUT2D eigenvalue weighted by Gasteiger charge is 2.39. The lowest BCUT2D eigenvalue weighted by Gasteiger charge is -2.26. The van der Waals surface area contributed by atoms with Gasteiger partial charge in [-0.15, -0.1) is 0 Å². The Hall–Kier alpha value is -1.76. The SMILES string of the molecule is C=C(C)C(=O)OCC(C)(COC(=O)C(=C)C)C(=O)OCCC1CS1. The number of rotatable bonds is 10. The first-order chi connectivity index (χ1) is 11.2. The fourth-order valence-electron chi connectivity index (χ4n) is 1.55. The zero-order chi connectivity index (χ0) is 18.3. The van der Waals surface area contributed by atoms with Crippen LogP contribution >= 0.6 is 11.8 Å². The van der Waals surface area contributed by atoms with Crippen molar-refractivity contribution in [2.24, 2.45) is 5.41 Å². The van der Waals surface area contributed by atoms with Crippen molar-refractivity contribution in [3.63, 3.8) is 0 Å². The lowest BCUT2D eigenvalue weighted by molar-refractivity contribution is -0.168. The molecular weight excluding hydrogens is 332 g/mol. The van der Waals surface area contributed by atoms with E-state index >= 15 is 0 Å². The molecule has 1 atom stereocenters. The van der Waals surface area contributed by atoms with Crippen LogP contribution in [0.15, 0.2) is 24.3 Å². The van der Waals surface area contributed by atoms with Crippen molar-refractivity contribution in [2.45, 2.75) is 32.4 Å². The normalized spacial score (nSPS) is 16.0. The van der Waals surface area contributed by atoms with Crippen molar-refractivity contribution < 1.29 is 28.6 Å². The summed E-state index contributed by atoms with van der Waals surface area (Å²) in [6, 6.07) is 0. The van der Waals surface area contributed by atoms with E-state index in [-0.39, 0.29) is 31.0 Å². The van der Waals surface area contributed by atoms with Crippen LogP contribution in [0.3, 0.4) is 0 Å². The van der Waals surface area contributed by atoms with Crippen LogP contribution in [-0.2, 0) is 28.6 Å². The highest BCUT2D eigenvalue weighted by Crippen LogP contribution is 2.33. The summed E-state index contributed by atoms with van der Waals surface area (Å²) >= 11 is 1.81. The van der Waals surface area contributed by atoms with Gasteiger partial charge in [0.25, 0.3) is 0 Å². The average molecular weight is 356 g/mol. The largest absolute Gasteiger partial charge is 0.465 e. The first-order valence-electron chi connectivity index (χ1n) is 7.60. The molecule has 1 saturated heterocycles. The minimum Gasteiger partial charge on any atom is -0.465 e. The molecule has 0 N–H and O–H groups in total. The van der Waals surface area contributed by atoms with Crippen molar-refractivity contribution in [3.05, 3.63) is 24.3 Å². The fraction of sp³-hybridized carbons (Fsp3) is 0.588. The molecule has 0 spiro atoms. The Morgan fingerprint density at radius 2 is 1.50 bits per heavy atom. The van der Waals surface area contributed by atoms with Crippen LogP contribution in [-0.4, -0.2) is 48.7 Å². The number of esters is 3. The molecular formula is C17H24O6S. The molecule has 0 aromatic heterocycles. The van der Waals surface area contributed by atoms with Gasteiger partial charge >= 0.3 is 17.9 Å². The molecule has 1 unspecified atom stereocenters. The fourth-order valence-corrected chi connectivity index (χ4v) is 2.11. The van der Waals surface area contributed by atoms with Crippen LogP contribution in [0.1, 0.15) is 27.2 Å². The van der Waals surface area contributed by atoms with Crippen molar-refractivity contribution in [1.29, 1.82) is 0 Å². The average Bonchev–Trinajstić information content (AvgIpc) is 3.33. The molecule has 0 aromatic carbocycles. The molecule has 1 rings (SSSR count). The molecule has 0 amide bonds. The van der Waals surface area contributed by atoms with Gasteiger partial charge in [-0.25, -0.2) is 9.59 Å². The molecule has 1 aliphatic rings. The summed E-state index contributed by atoms with van der Waals surface area (Å²) < 4.78 is 15.4. The lowest BCUT2D eigenvalue weighted by Crippen LogP contribution is -2.40. The number of hydrogen-bond acceptors (Lipinski definition) is 7. The van der Waals surface area contributed by atoms with Gasteiger partial charge in [-0.1, -0.05) is 13.2 Å². The van der Waals surface area contributed by atoms with E-state index in [1.165, 1.54) is 20.8 Å². The maximum atomic E-state index is 12.4. The van der Waals surface area contributed by atoms with Crippen molar-refractivity contribution in [1.82, 2.24) is 0 Å². The van der Waals surface area contributed by atoms with Gasteiger partial charge < -0.3 is 14.2 Å². The number of carbonyl (C=O) groups excluding carboxylic acids is 3. The molecule has 6 nitrogen and oxygen atoms in total. The van der Waals surface area contributed by atoms with Gasteiger partial charge in [0, 0.05) is 22.1 Å². The summed E-state index contributed by atoms with van der Waals surface area (Å²) in [5, 5.41) is 0.548. The number of ether oxygens (including phenoxy) is 3. The van der Waals surface area contributed by atoms with E-state index in [0.717, 1.165) is 12.2 Å². The van der Waals surface area contributed by atoms with Gasteiger partial charge in [0.15, 0.2) is 0 Å². The van der Waals surface area contributed by atoms with Gasteiger partial charge in [0.1, 0.15) is 18.6 Å². The minimum atomic E-state index is -1.28.